The quantitative estimate of drug-likeness (QED) is 0.263. The zero-order chi connectivity index (χ0) is 18.9. The number of nitrogens with zero attached hydrogens (tertiary/aromatic N) is 1. The largest absolute Gasteiger partial charge is 0.410 e. The van der Waals surface area contributed by atoms with E-state index in [1.54, 1.807) is 22.7 Å². The Balaban J connectivity index is 0.000000156. The number of oxime groups is 1. The van der Waals surface area contributed by atoms with Gasteiger partial charge in [-0.05, 0) is 28.5 Å². The minimum absolute atomic E-state index is 0.0289. The van der Waals surface area contributed by atoms with E-state index in [9.17, 15) is 0 Å². The molecule has 1 unspecified atom stereocenters. The van der Waals surface area contributed by atoms with Crippen LogP contribution < -0.4 is 5.73 Å². The molecule has 0 spiro atoms. The van der Waals surface area contributed by atoms with Gasteiger partial charge in [0.25, 0.3) is 0 Å². The topological polar surface area (TPSA) is 58.6 Å². The fraction of sp³-hybridized carbons (Fsp3) is 0.0455. The third kappa shape index (κ3) is 5.14. The molecule has 0 saturated carbocycles. The third-order valence-corrected chi connectivity index (χ3v) is 5.74. The van der Waals surface area contributed by atoms with Gasteiger partial charge in [-0.3, -0.25) is 0 Å². The van der Waals surface area contributed by atoms with E-state index >= 15 is 0 Å². The van der Waals surface area contributed by atoms with Crippen LogP contribution in [0.5, 0.6) is 0 Å². The Morgan fingerprint density at radius 3 is 1.96 bits per heavy atom. The second kappa shape index (κ2) is 9.83. The first-order valence-corrected chi connectivity index (χ1v) is 10.2. The fourth-order valence-electron chi connectivity index (χ4n) is 2.55. The maximum absolute atomic E-state index is 8.95. The maximum atomic E-state index is 8.95. The van der Waals surface area contributed by atoms with Gasteiger partial charge in [-0.1, -0.05) is 78.0 Å². The Morgan fingerprint density at radius 1 is 0.778 bits per heavy atom. The molecular weight excluding hydrogens is 372 g/mol. The van der Waals surface area contributed by atoms with Crippen LogP contribution in [-0.4, -0.2) is 10.9 Å². The lowest BCUT2D eigenvalue weighted by atomic mass is 10.1. The van der Waals surface area contributed by atoms with Gasteiger partial charge in [0.05, 0.1) is 10.9 Å². The monoisotopic (exact) mass is 392 g/mol. The zero-order valence-corrected chi connectivity index (χ0v) is 16.2. The molecule has 2 aromatic heterocycles. The second-order valence-corrected chi connectivity index (χ2v) is 7.62. The van der Waals surface area contributed by atoms with Crippen molar-refractivity contribution in [3.63, 3.8) is 0 Å². The predicted octanol–water partition coefficient (Wildman–Crippen LogP) is 5.77. The predicted molar refractivity (Wildman–Crippen MR) is 115 cm³/mol. The number of hydrogen-bond acceptors (Lipinski definition) is 5. The highest BCUT2D eigenvalue weighted by molar-refractivity contribution is 7.12. The van der Waals surface area contributed by atoms with Crippen LogP contribution in [0.15, 0.2) is 101 Å². The van der Waals surface area contributed by atoms with Gasteiger partial charge >= 0.3 is 0 Å². The normalized spacial score (nSPS) is 12.1. The van der Waals surface area contributed by atoms with Crippen molar-refractivity contribution in [2.45, 2.75) is 6.04 Å². The Morgan fingerprint density at radius 2 is 1.41 bits per heavy atom. The maximum Gasteiger partial charge on any atom is 0.127 e. The lowest BCUT2D eigenvalue weighted by Gasteiger charge is -2.08. The van der Waals surface area contributed by atoms with Crippen LogP contribution in [-0.2, 0) is 0 Å². The summed E-state index contributed by atoms with van der Waals surface area (Å²) in [4.78, 5) is 2.19. The van der Waals surface area contributed by atoms with Gasteiger partial charge in [-0.25, -0.2) is 0 Å². The van der Waals surface area contributed by atoms with Crippen LogP contribution in [0.3, 0.4) is 0 Å². The van der Waals surface area contributed by atoms with Crippen LogP contribution in [0.25, 0.3) is 0 Å². The molecule has 5 heteroatoms. The molecule has 0 radical (unpaired) electrons. The van der Waals surface area contributed by atoms with E-state index in [0.29, 0.717) is 5.71 Å². The van der Waals surface area contributed by atoms with Gasteiger partial charge in [0.1, 0.15) is 5.71 Å². The van der Waals surface area contributed by atoms with Crippen LogP contribution in [0.4, 0.5) is 0 Å². The highest BCUT2D eigenvalue weighted by atomic mass is 32.1. The first kappa shape index (κ1) is 19.0. The van der Waals surface area contributed by atoms with Gasteiger partial charge in [0.2, 0.25) is 0 Å². The van der Waals surface area contributed by atoms with E-state index in [2.05, 4.69) is 28.7 Å². The Bertz CT molecular complexity index is 935. The molecule has 1 atom stereocenters. The smallest absolute Gasteiger partial charge is 0.127 e. The van der Waals surface area contributed by atoms with Crippen LogP contribution in [0.1, 0.15) is 26.9 Å². The Hall–Kier alpha value is -2.73. The summed E-state index contributed by atoms with van der Waals surface area (Å²) in [6.45, 7) is 0. The minimum atomic E-state index is 0.0289. The van der Waals surface area contributed by atoms with Gasteiger partial charge < -0.3 is 10.9 Å². The molecule has 3 N–H and O–H groups in total. The number of benzene rings is 2. The van der Waals surface area contributed by atoms with Gasteiger partial charge in [0, 0.05) is 10.4 Å². The van der Waals surface area contributed by atoms with Crippen LogP contribution in [0.2, 0.25) is 0 Å². The third-order valence-electron chi connectivity index (χ3n) is 3.91. The SMILES string of the molecule is NC(c1ccccc1)c1cccs1.O/N=C(\c1ccccc1)c1cccs1. The molecule has 3 nitrogen and oxygen atoms in total. The van der Waals surface area contributed by atoms with Crippen molar-refractivity contribution >= 4 is 28.4 Å². The summed E-state index contributed by atoms with van der Waals surface area (Å²) in [6.07, 6.45) is 0. The highest BCUT2D eigenvalue weighted by Gasteiger charge is 2.08. The van der Waals surface area contributed by atoms with E-state index in [0.717, 1.165) is 10.4 Å². The van der Waals surface area contributed by atoms with Crippen molar-refractivity contribution in [2.75, 3.05) is 0 Å². The summed E-state index contributed by atoms with van der Waals surface area (Å²) in [7, 11) is 0. The van der Waals surface area contributed by atoms with E-state index in [1.807, 2.05) is 72.1 Å². The summed E-state index contributed by atoms with van der Waals surface area (Å²) in [5.74, 6) is 0. The molecule has 2 aromatic carbocycles. The number of nitrogens with two attached hydrogens (primary N) is 1. The lowest BCUT2D eigenvalue weighted by molar-refractivity contribution is 0.320. The molecule has 0 bridgehead atoms. The molecule has 0 aliphatic heterocycles. The average Bonchev–Trinajstić information content (AvgIpc) is 3.45. The Labute approximate surface area is 167 Å². The molecule has 0 amide bonds. The second-order valence-electron chi connectivity index (χ2n) is 5.70. The van der Waals surface area contributed by atoms with E-state index < -0.39 is 0 Å². The summed E-state index contributed by atoms with van der Waals surface area (Å²) in [5, 5.41) is 16.3. The van der Waals surface area contributed by atoms with E-state index in [-0.39, 0.29) is 6.04 Å². The average molecular weight is 393 g/mol. The number of hydrogen-bond donors (Lipinski definition) is 2. The Kier molecular flexibility index (Phi) is 6.93. The first-order chi connectivity index (χ1) is 13.3. The van der Waals surface area contributed by atoms with Gasteiger partial charge in [0.15, 0.2) is 0 Å². The van der Waals surface area contributed by atoms with Crippen LogP contribution in [0, 0.1) is 0 Å². The molecule has 136 valence electrons. The molecule has 0 saturated heterocycles. The molecule has 2 heterocycles. The number of thiophene rings is 2. The molecule has 27 heavy (non-hydrogen) atoms. The standard InChI is InChI=1S/C11H9NOS.C11H11NS/c13-12-11(10-7-4-8-14-10)9-5-2-1-3-6-9;12-11(10-7-4-8-13-10)9-5-2-1-3-6-9/h1-8,13H;1-8,11H,12H2/b12-11+;. The summed E-state index contributed by atoms with van der Waals surface area (Å²) < 4.78 is 0. The number of rotatable bonds is 4. The van der Waals surface area contributed by atoms with Gasteiger partial charge in [-0.15, -0.1) is 22.7 Å². The summed E-state index contributed by atoms with van der Waals surface area (Å²) >= 11 is 3.26. The van der Waals surface area contributed by atoms with Crippen molar-refractivity contribution in [1.29, 1.82) is 0 Å². The van der Waals surface area contributed by atoms with Crippen molar-refractivity contribution < 1.29 is 5.21 Å². The fourth-order valence-corrected chi connectivity index (χ4v) is 4.04. The first-order valence-electron chi connectivity index (χ1n) is 8.45. The molecule has 0 aliphatic carbocycles. The van der Waals surface area contributed by atoms with E-state index in [4.69, 9.17) is 10.9 Å². The zero-order valence-electron chi connectivity index (χ0n) is 14.6. The summed E-state index contributed by atoms with van der Waals surface area (Å²) in [6, 6.07) is 27.8. The molecule has 4 rings (SSSR count). The van der Waals surface area contributed by atoms with Crippen LogP contribution >= 0.6 is 22.7 Å². The van der Waals surface area contributed by atoms with E-state index in [1.165, 1.54) is 10.4 Å². The summed E-state index contributed by atoms with van der Waals surface area (Å²) in [5.41, 5.74) is 8.80. The lowest BCUT2D eigenvalue weighted by Crippen LogP contribution is -2.09. The van der Waals surface area contributed by atoms with Crippen molar-refractivity contribution in [1.82, 2.24) is 0 Å². The minimum Gasteiger partial charge on any atom is -0.410 e. The molecule has 0 aliphatic rings. The van der Waals surface area contributed by atoms with Crippen molar-refractivity contribution in [2.24, 2.45) is 10.9 Å². The van der Waals surface area contributed by atoms with Gasteiger partial charge in [-0.2, -0.15) is 0 Å². The molecule has 0 fully saturated rings. The van der Waals surface area contributed by atoms with Crippen molar-refractivity contribution in [3.05, 3.63) is 117 Å². The highest BCUT2D eigenvalue weighted by Crippen LogP contribution is 2.23. The van der Waals surface area contributed by atoms with Crippen molar-refractivity contribution in [3.8, 4) is 0 Å². The molecule has 4 aromatic rings. The molecular formula is C22H20N2OS2.